The van der Waals surface area contributed by atoms with Gasteiger partial charge in [0.15, 0.2) is 5.82 Å². The quantitative estimate of drug-likeness (QED) is 0.867. The summed E-state index contributed by atoms with van der Waals surface area (Å²) in [6.45, 7) is 0.735. The number of nitrogens with zero attached hydrogens (tertiary/aromatic N) is 2. The number of benzene rings is 1. The highest BCUT2D eigenvalue weighted by Gasteiger charge is 2.29. The van der Waals surface area contributed by atoms with Gasteiger partial charge in [0.1, 0.15) is 11.7 Å². The van der Waals surface area contributed by atoms with Crippen LogP contribution in [0.3, 0.4) is 0 Å². The summed E-state index contributed by atoms with van der Waals surface area (Å²) in [6, 6.07) is 5.28. The van der Waals surface area contributed by atoms with Crippen LogP contribution in [0.25, 0.3) is 0 Å². The van der Waals surface area contributed by atoms with Crippen LogP contribution in [0.1, 0.15) is 29.6 Å². The lowest BCUT2D eigenvalue weighted by Gasteiger charge is -2.17. The van der Waals surface area contributed by atoms with Crippen LogP contribution in [-0.4, -0.2) is 29.1 Å². The maximum atomic E-state index is 11.8. The molecule has 5 nitrogen and oxygen atoms in total. The largest absolute Gasteiger partial charge is 0.380 e. The number of halogens is 2. The Morgan fingerprint density at radius 3 is 2.76 bits per heavy atom. The van der Waals surface area contributed by atoms with E-state index in [1.807, 2.05) is 0 Å². The normalized spacial score (nSPS) is 19.0. The van der Waals surface area contributed by atoms with E-state index in [2.05, 4.69) is 10.1 Å². The lowest BCUT2D eigenvalue weighted by Crippen LogP contribution is -2.25. The smallest absolute Gasteiger partial charge is 0.239 e. The van der Waals surface area contributed by atoms with E-state index < -0.39 is 5.92 Å². The molecule has 1 fully saturated rings. The van der Waals surface area contributed by atoms with Gasteiger partial charge in [0, 0.05) is 22.9 Å². The van der Waals surface area contributed by atoms with Gasteiger partial charge in [-0.2, -0.15) is 4.98 Å². The fraction of sp³-hybridized carbons (Fsp3) is 0.357. The van der Waals surface area contributed by atoms with E-state index in [0.717, 1.165) is 5.56 Å². The molecule has 2 aromatic rings. The second-order valence-corrected chi connectivity index (χ2v) is 5.58. The first kappa shape index (κ1) is 14.5. The molecule has 1 atom stereocenters. The molecule has 1 aliphatic heterocycles. The molecule has 7 heteroatoms. The van der Waals surface area contributed by atoms with Crippen LogP contribution < -0.4 is 0 Å². The third-order valence-electron chi connectivity index (χ3n) is 3.34. The monoisotopic (exact) mass is 326 g/mol. The first-order chi connectivity index (χ1) is 10.1. The predicted octanol–water partition coefficient (Wildman–Crippen LogP) is 3.04. The molecule has 0 radical (unpaired) electrons. The molecule has 0 saturated carbocycles. The Bertz CT molecular complexity index is 652. The molecule has 0 amide bonds. The highest BCUT2D eigenvalue weighted by Crippen LogP contribution is 2.27. The number of hydrogen-bond donors (Lipinski definition) is 0. The van der Waals surface area contributed by atoms with Crippen molar-refractivity contribution in [1.82, 2.24) is 10.1 Å². The predicted molar refractivity (Wildman–Crippen MR) is 76.8 cm³/mol. The second kappa shape index (κ2) is 6.13. The maximum Gasteiger partial charge on any atom is 0.239 e. The van der Waals surface area contributed by atoms with Crippen molar-refractivity contribution < 1.29 is 14.1 Å². The number of aromatic nitrogens is 2. The average Bonchev–Trinajstić information content (AvgIpc) is 2.92. The van der Waals surface area contributed by atoms with E-state index in [-0.39, 0.29) is 18.3 Å². The number of rotatable bonds is 3. The summed E-state index contributed by atoms with van der Waals surface area (Å²) in [5, 5.41) is 4.99. The minimum atomic E-state index is -0.471. The van der Waals surface area contributed by atoms with E-state index in [1.54, 1.807) is 18.2 Å². The number of carbonyl (C=O) groups is 1. The van der Waals surface area contributed by atoms with Crippen molar-refractivity contribution in [1.29, 1.82) is 0 Å². The summed E-state index contributed by atoms with van der Waals surface area (Å²) >= 11 is 12.2. The molecule has 1 aliphatic rings. The lowest BCUT2D eigenvalue weighted by molar-refractivity contribution is -0.127. The Labute approximate surface area is 131 Å². The lowest BCUT2D eigenvalue weighted by atomic mass is 10.0. The summed E-state index contributed by atoms with van der Waals surface area (Å²) in [5.41, 5.74) is 0.736. The van der Waals surface area contributed by atoms with Crippen molar-refractivity contribution in [3.63, 3.8) is 0 Å². The van der Waals surface area contributed by atoms with Crippen LogP contribution in [0.15, 0.2) is 22.7 Å². The van der Waals surface area contributed by atoms with Crippen molar-refractivity contribution in [2.45, 2.75) is 18.8 Å². The Morgan fingerprint density at radius 1 is 1.29 bits per heavy atom. The number of ether oxygens (including phenoxy) is 1. The van der Waals surface area contributed by atoms with E-state index in [4.69, 9.17) is 32.5 Å². The molecular formula is C14H12Cl2N2O3. The molecule has 1 unspecified atom stereocenters. The number of Topliss-reactive ketones (excluding diaryl/α,β-unsaturated/α-hetero) is 1. The van der Waals surface area contributed by atoms with E-state index in [1.165, 1.54) is 0 Å². The van der Waals surface area contributed by atoms with Crippen LogP contribution in [-0.2, 0) is 16.0 Å². The molecule has 1 aromatic heterocycles. The van der Waals surface area contributed by atoms with Crippen molar-refractivity contribution in [2.75, 3.05) is 13.2 Å². The van der Waals surface area contributed by atoms with Gasteiger partial charge in [-0.3, -0.25) is 4.79 Å². The third-order valence-corrected chi connectivity index (χ3v) is 4.05. The maximum absolute atomic E-state index is 11.8. The van der Waals surface area contributed by atoms with Crippen LogP contribution in [0.2, 0.25) is 10.0 Å². The highest BCUT2D eigenvalue weighted by atomic mass is 35.5. The zero-order chi connectivity index (χ0) is 14.8. The SMILES string of the molecule is O=C1CCOCC1c1nc(Cc2c(Cl)cccc2Cl)no1. The van der Waals surface area contributed by atoms with Gasteiger partial charge in [0.05, 0.1) is 13.2 Å². The van der Waals surface area contributed by atoms with Gasteiger partial charge in [-0.25, -0.2) is 0 Å². The van der Waals surface area contributed by atoms with Crippen LogP contribution in [0, 0.1) is 0 Å². The molecule has 1 aromatic carbocycles. The van der Waals surface area contributed by atoms with Crippen LogP contribution in [0.5, 0.6) is 0 Å². The van der Waals surface area contributed by atoms with Gasteiger partial charge in [-0.1, -0.05) is 34.4 Å². The molecule has 0 spiro atoms. The summed E-state index contributed by atoms with van der Waals surface area (Å²) in [6.07, 6.45) is 0.725. The third kappa shape index (κ3) is 3.10. The molecular weight excluding hydrogens is 315 g/mol. The number of hydrogen-bond acceptors (Lipinski definition) is 5. The van der Waals surface area contributed by atoms with Crippen molar-refractivity contribution in [3.05, 3.63) is 45.5 Å². The standard InChI is InChI=1S/C14H12Cl2N2O3/c15-10-2-1-3-11(16)8(10)6-13-17-14(21-18-13)9-7-20-5-4-12(9)19/h1-3,9H,4-7H2. The first-order valence-corrected chi connectivity index (χ1v) is 7.26. The van der Waals surface area contributed by atoms with Crippen LogP contribution in [0.4, 0.5) is 0 Å². The van der Waals surface area contributed by atoms with Gasteiger partial charge in [0.25, 0.3) is 0 Å². The van der Waals surface area contributed by atoms with Gasteiger partial charge in [-0.15, -0.1) is 0 Å². The van der Waals surface area contributed by atoms with Gasteiger partial charge in [-0.05, 0) is 17.7 Å². The Balaban J connectivity index is 1.80. The summed E-state index contributed by atoms with van der Waals surface area (Å²) in [5.74, 6) is 0.324. The highest BCUT2D eigenvalue weighted by molar-refractivity contribution is 6.36. The van der Waals surface area contributed by atoms with Crippen molar-refractivity contribution in [2.24, 2.45) is 0 Å². The minimum Gasteiger partial charge on any atom is -0.380 e. The molecule has 3 rings (SSSR count). The summed E-state index contributed by atoms with van der Waals surface area (Å²) < 4.78 is 10.5. The Kier molecular flexibility index (Phi) is 4.24. The molecule has 21 heavy (non-hydrogen) atoms. The van der Waals surface area contributed by atoms with Crippen molar-refractivity contribution >= 4 is 29.0 Å². The minimum absolute atomic E-state index is 0.0622. The average molecular weight is 327 g/mol. The fourth-order valence-corrected chi connectivity index (χ4v) is 2.72. The molecule has 1 saturated heterocycles. The van der Waals surface area contributed by atoms with Crippen LogP contribution >= 0.6 is 23.2 Å². The number of ketones is 1. The van der Waals surface area contributed by atoms with E-state index in [9.17, 15) is 4.79 Å². The first-order valence-electron chi connectivity index (χ1n) is 6.51. The Hall–Kier alpha value is -1.43. The van der Waals surface area contributed by atoms with Crippen molar-refractivity contribution in [3.8, 4) is 0 Å². The fourth-order valence-electron chi connectivity index (χ4n) is 2.19. The molecule has 0 bridgehead atoms. The van der Waals surface area contributed by atoms with Gasteiger partial charge < -0.3 is 9.26 Å². The van der Waals surface area contributed by atoms with Gasteiger partial charge >= 0.3 is 0 Å². The zero-order valence-electron chi connectivity index (χ0n) is 11.0. The second-order valence-electron chi connectivity index (χ2n) is 4.77. The molecule has 0 aliphatic carbocycles. The van der Waals surface area contributed by atoms with E-state index in [0.29, 0.717) is 35.3 Å². The van der Waals surface area contributed by atoms with Gasteiger partial charge in [0.2, 0.25) is 5.89 Å². The summed E-state index contributed by atoms with van der Waals surface area (Å²) in [4.78, 5) is 16.1. The Morgan fingerprint density at radius 2 is 2.05 bits per heavy atom. The molecule has 2 heterocycles. The summed E-state index contributed by atoms with van der Waals surface area (Å²) in [7, 11) is 0. The van der Waals surface area contributed by atoms with E-state index >= 15 is 0 Å². The molecule has 0 N–H and O–H groups in total. The topological polar surface area (TPSA) is 65.2 Å². The number of carbonyl (C=O) groups excluding carboxylic acids is 1. The molecule has 110 valence electrons. The zero-order valence-corrected chi connectivity index (χ0v) is 12.5.